The van der Waals surface area contributed by atoms with Crippen LogP contribution < -0.4 is 0 Å². The molecular formula is C16H28N2O2. The molecule has 114 valence electrons. The van der Waals surface area contributed by atoms with Crippen molar-refractivity contribution in [2.75, 3.05) is 26.2 Å². The average molecular weight is 280 g/mol. The van der Waals surface area contributed by atoms with Crippen LogP contribution in [0.4, 0.5) is 0 Å². The van der Waals surface area contributed by atoms with E-state index in [1.54, 1.807) is 0 Å². The van der Waals surface area contributed by atoms with Crippen LogP contribution in [0, 0.1) is 11.8 Å². The Hall–Kier alpha value is -0.610. The third kappa shape index (κ3) is 3.01. The molecule has 0 aromatic rings. The molecule has 0 aromatic heterocycles. The summed E-state index contributed by atoms with van der Waals surface area (Å²) in [5.41, 5.74) is 0. The first-order chi connectivity index (χ1) is 9.63. The minimum Gasteiger partial charge on any atom is -0.393 e. The number of carbonyl (C=O) groups excluding carboxylic acids is 1. The summed E-state index contributed by atoms with van der Waals surface area (Å²) < 4.78 is 0. The number of hydrogen-bond acceptors (Lipinski definition) is 3. The zero-order chi connectivity index (χ0) is 14.1. The van der Waals surface area contributed by atoms with Crippen molar-refractivity contribution in [1.29, 1.82) is 0 Å². The van der Waals surface area contributed by atoms with Gasteiger partial charge in [0.15, 0.2) is 0 Å². The zero-order valence-corrected chi connectivity index (χ0v) is 12.6. The van der Waals surface area contributed by atoms with Crippen molar-refractivity contribution in [2.45, 2.75) is 57.6 Å². The average Bonchev–Trinajstić information content (AvgIpc) is 2.40. The lowest BCUT2D eigenvalue weighted by molar-refractivity contribution is -0.143. The number of piperidine rings is 2. The number of hydrogen-bond donors (Lipinski definition) is 1. The van der Waals surface area contributed by atoms with Crippen LogP contribution >= 0.6 is 0 Å². The Labute approximate surface area is 122 Å². The van der Waals surface area contributed by atoms with E-state index in [1.165, 1.54) is 25.9 Å². The zero-order valence-electron chi connectivity index (χ0n) is 12.6. The first kappa shape index (κ1) is 14.3. The maximum absolute atomic E-state index is 12.4. The minimum atomic E-state index is -0.191. The van der Waals surface area contributed by atoms with Crippen molar-refractivity contribution in [3.63, 3.8) is 0 Å². The lowest BCUT2D eigenvalue weighted by atomic mass is 9.77. The SMILES string of the molecule is CC1CCN(C2CC(C(=O)N3CCC(O)CC3)C2)CC1. The topological polar surface area (TPSA) is 43.8 Å². The predicted octanol–water partition coefficient (Wildman–Crippen LogP) is 1.48. The lowest BCUT2D eigenvalue weighted by Crippen LogP contribution is -2.53. The molecule has 0 radical (unpaired) electrons. The highest BCUT2D eigenvalue weighted by molar-refractivity contribution is 5.80. The largest absolute Gasteiger partial charge is 0.393 e. The summed E-state index contributed by atoms with van der Waals surface area (Å²) in [6.45, 7) is 6.30. The quantitative estimate of drug-likeness (QED) is 0.833. The Balaban J connectivity index is 1.42. The van der Waals surface area contributed by atoms with Crippen LogP contribution in [0.3, 0.4) is 0 Å². The van der Waals surface area contributed by atoms with E-state index in [4.69, 9.17) is 0 Å². The van der Waals surface area contributed by atoms with E-state index in [1.807, 2.05) is 4.90 Å². The van der Waals surface area contributed by atoms with Gasteiger partial charge >= 0.3 is 0 Å². The molecule has 1 amide bonds. The second kappa shape index (κ2) is 6.02. The van der Waals surface area contributed by atoms with Crippen molar-refractivity contribution < 1.29 is 9.90 Å². The Morgan fingerprint density at radius 2 is 1.60 bits per heavy atom. The molecular weight excluding hydrogens is 252 g/mol. The lowest BCUT2D eigenvalue weighted by Gasteiger charge is -2.46. The van der Waals surface area contributed by atoms with Gasteiger partial charge in [0.2, 0.25) is 5.91 Å². The summed E-state index contributed by atoms with van der Waals surface area (Å²) in [4.78, 5) is 17.0. The summed E-state index contributed by atoms with van der Waals surface area (Å²) in [7, 11) is 0. The number of nitrogens with zero attached hydrogens (tertiary/aromatic N) is 2. The first-order valence-electron chi connectivity index (χ1n) is 8.34. The molecule has 4 heteroatoms. The molecule has 2 heterocycles. The molecule has 0 aromatic carbocycles. The molecule has 0 unspecified atom stereocenters. The summed E-state index contributed by atoms with van der Waals surface area (Å²) >= 11 is 0. The first-order valence-corrected chi connectivity index (χ1v) is 8.34. The van der Waals surface area contributed by atoms with Crippen LogP contribution in [0.15, 0.2) is 0 Å². The Bertz CT molecular complexity index is 338. The van der Waals surface area contributed by atoms with E-state index in [0.717, 1.165) is 44.7 Å². The molecule has 4 nitrogen and oxygen atoms in total. The second-order valence-electron chi connectivity index (χ2n) is 7.10. The number of rotatable bonds is 2. The fourth-order valence-electron chi connectivity index (χ4n) is 3.83. The maximum Gasteiger partial charge on any atom is 0.225 e. The molecule has 0 bridgehead atoms. The Morgan fingerprint density at radius 1 is 1.00 bits per heavy atom. The smallest absolute Gasteiger partial charge is 0.225 e. The van der Waals surface area contributed by atoms with Gasteiger partial charge in [-0.1, -0.05) is 6.92 Å². The van der Waals surface area contributed by atoms with Crippen LogP contribution in [-0.2, 0) is 4.79 Å². The summed E-state index contributed by atoms with van der Waals surface area (Å²) in [5, 5.41) is 9.51. The van der Waals surface area contributed by atoms with Gasteiger partial charge in [0.25, 0.3) is 0 Å². The molecule has 0 atom stereocenters. The Morgan fingerprint density at radius 3 is 2.20 bits per heavy atom. The van der Waals surface area contributed by atoms with Crippen LogP contribution in [-0.4, -0.2) is 59.1 Å². The molecule has 2 saturated heterocycles. The third-order valence-corrected chi connectivity index (χ3v) is 5.57. The summed E-state index contributed by atoms with van der Waals surface area (Å²) in [5.74, 6) is 1.48. The van der Waals surface area contributed by atoms with Gasteiger partial charge in [0.1, 0.15) is 0 Å². The van der Waals surface area contributed by atoms with E-state index in [0.29, 0.717) is 11.9 Å². The molecule has 3 rings (SSSR count). The normalized spacial score (nSPS) is 34.0. The molecule has 20 heavy (non-hydrogen) atoms. The fourth-order valence-corrected chi connectivity index (χ4v) is 3.83. The monoisotopic (exact) mass is 280 g/mol. The van der Waals surface area contributed by atoms with Gasteiger partial charge < -0.3 is 14.9 Å². The molecule has 1 N–H and O–H groups in total. The van der Waals surface area contributed by atoms with Gasteiger partial charge in [-0.3, -0.25) is 4.79 Å². The van der Waals surface area contributed by atoms with Gasteiger partial charge in [-0.25, -0.2) is 0 Å². The van der Waals surface area contributed by atoms with Crippen LogP contribution in [0.25, 0.3) is 0 Å². The maximum atomic E-state index is 12.4. The van der Waals surface area contributed by atoms with E-state index in [-0.39, 0.29) is 12.0 Å². The summed E-state index contributed by atoms with van der Waals surface area (Å²) in [6, 6.07) is 0.659. The molecule has 3 fully saturated rings. The van der Waals surface area contributed by atoms with Gasteiger partial charge in [0, 0.05) is 25.0 Å². The molecule has 3 aliphatic rings. The van der Waals surface area contributed by atoms with Crippen molar-refractivity contribution >= 4 is 5.91 Å². The van der Waals surface area contributed by atoms with Gasteiger partial charge in [-0.05, 0) is 57.5 Å². The number of aliphatic hydroxyl groups excluding tert-OH is 1. The van der Waals surface area contributed by atoms with E-state index in [9.17, 15) is 9.90 Å². The van der Waals surface area contributed by atoms with Crippen LogP contribution in [0.2, 0.25) is 0 Å². The van der Waals surface area contributed by atoms with Crippen LogP contribution in [0.1, 0.15) is 45.4 Å². The molecule has 2 aliphatic heterocycles. The number of aliphatic hydroxyl groups is 1. The van der Waals surface area contributed by atoms with Crippen molar-refractivity contribution in [2.24, 2.45) is 11.8 Å². The molecule has 1 saturated carbocycles. The number of likely N-dealkylation sites (tertiary alicyclic amines) is 2. The van der Waals surface area contributed by atoms with E-state index < -0.39 is 0 Å². The predicted molar refractivity (Wildman–Crippen MR) is 78.3 cm³/mol. The van der Waals surface area contributed by atoms with Gasteiger partial charge in [0.05, 0.1) is 6.10 Å². The highest BCUT2D eigenvalue weighted by atomic mass is 16.3. The van der Waals surface area contributed by atoms with E-state index >= 15 is 0 Å². The highest BCUT2D eigenvalue weighted by Gasteiger charge is 2.40. The van der Waals surface area contributed by atoms with Gasteiger partial charge in [-0.15, -0.1) is 0 Å². The van der Waals surface area contributed by atoms with E-state index in [2.05, 4.69) is 11.8 Å². The Kier molecular flexibility index (Phi) is 4.32. The fraction of sp³-hybridized carbons (Fsp3) is 0.938. The number of carbonyl (C=O) groups is 1. The van der Waals surface area contributed by atoms with Crippen molar-refractivity contribution in [3.05, 3.63) is 0 Å². The standard InChI is InChI=1S/C16H28N2O2/c1-12-2-6-17(7-3-12)14-10-13(11-14)16(20)18-8-4-15(19)5-9-18/h12-15,19H,2-11H2,1H3. The number of amides is 1. The molecule has 1 aliphatic carbocycles. The van der Waals surface area contributed by atoms with Crippen molar-refractivity contribution in [3.8, 4) is 0 Å². The highest BCUT2D eigenvalue weighted by Crippen LogP contribution is 2.35. The van der Waals surface area contributed by atoms with Gasteiger partial charge in [-0.2, -0.15) is 0 Å². The molecule has 0 spiro atoms. The summed E-state index contributed by atoms with van der Waals surface area (Å²) in [6.07, 6.45) is 6.08. The minimum absolute atomic E-state index is 0.191. The van der Waals surface area contributed by atoms with Crippen LogP contribution in [0.5, 0.6) is 0 Å². The third-order valence-electron chi connectivity index (χ3n) is 5.57. The van der Waals surface area contributed by atoms with Crippen molar-refractivity contribution in [1.82, 2.24) is 9.80 Å². The second-order valence-corrected chi connectivity index (χ2v) is 7.10.